The lowest BCUT2D eigenvalue weighted by atomic mass is 10.2. The Hall–Kier alpha value is -1.94. The van der Waals surface area contributed by atoms with E-state index >= 15 is 0 Å². The van der Waals surface area contributed by atoms with Crippen LogP contribution in [0.3, 0.4) is 0 Å². The van der Waals surface area contributed by atoms with E-state index in [4.69, 9.17) is 4.74 Å². The number of hydrogen-bond donors (Lipinski definition) is 1. The molecule has 0 spiro atoms. The van der Waals surface area contributed by atoms with Gasteiger partial charge in [0.1, 0.15) is 12.1 Å². The molecule has 2 aromatic rings. The van der Waals surface area contributed by atoms with Crippen molar-refractivity contribution in [3.05, 3.63) is 47.9 Å². The first-order valence-corrected chi connectivity index (χ1v) is 6.04. The highest BCUT2D eigenvalue weighted by molar-refractivity contribution is 5.31. The average molecular weight is 243 g/mol. The Kier molecular flexibility index (Phi) is 4.25. The van der Waals surface area contributed by atoms with Gasteiger partial charge in [-0.25, -0.2) is 9.97 Å². The SMILES string of the molecule is CCc1cc(Oc2cccc(CNC)c2)ncn1. The van der Waals surface area contributed by atoms with E-state index in [0.717, 1.165) is 24.4 Å². The molecule has 0 saturated heterocycles. The summed E-state index contributed by atoms with van der Waals surface area (Å²) in [6.45, 7) is 2.88. The first-order valence-electron chi connectivity index (χ1n) is 6.04. The van der Waals surface area contributed by atoms with Crippen LogP contribution in [-0.2, 0) is 13.0 Å². The van der Waals surface area contributed by atoms with Gasteiger partial charge in [0.2, 0.25) is 5.88 Å². The first-order chi connectivity index (χ1) is 8.81. The Labute approximate surface area is 107 Å². The molecule has 4 nitrogen and oxygen atoms in total. The standard InChI is InChI=1S/C14H17N3O/c1-3-12-8-14(17-10-16-12)18-13-6-4-5-11(7-13)9-15-2/h4-8,10,15H,3,9H2,1-2H3. The van der Waals surface area contributed by atoms with Gasteiger partial charge in [-0.1, -0.05) is 19.1 Å². The predicted octanol–water partition coefficient (Wildman–Crippen LogP) is 2.55. The summed E-state index contributed by atoms with van der Waals surface area (Å²) < 4.78 is 5.73. The lowest BCUT2D eigenvalue weighted by Crippen LogP contribution is -2.04. The molecule has 94 valence electrons. The third-order valence-corrected chi connectivity index (χ3v) is 2.56. The molecule has 0 saturated carbocycles. The molecule has 0 fully saturated rings. The van der Waals surface area contributed by atoms with Gasteiger partial charge in [-0.05, 0) is 31.2 Å². The number of nitrogens with zero attached hydrogens (tertiary/aromatic N) is 2. The van der Waals surface area contributed by atoms with Gasteiger partial charge in [0.15, 0.2) is 0 Å². The molecule has 1 aromatic carbocycles. The zero-order chi connectivity index (χ0) is 12.8. The maximum atomic E-state index is 5.73. The van der Waals surface area contributed by atoms with Crippen LogP contribution in [0.25, 0.3) is 0 Å². The molecule has 0 atom stereocenters. The van der Waals surface area contributed by atoms with Crippen molar-refractivity contribution in [2.45, 2.75) is 19.9 Å². The van der Waals surface area contributed by atoms with Crippen LogP contribution in [0.4, 0.5) is 0 Å². The lowest BCUT2D eigenvalue weighted by Gasteiger charge is -2.07. The molecule has 0 radical (unpaired) electrons. The van der Waals surface area contributed by atoms with E-state index in [0.29, 0.717) is 5.88 Å². The maximum absolute atomic E-state index is 5.73. The fourth-order valence-electron chi connectivity index (χ4n) is 1.67. The van der Waals surface area contributed by atoms with Gasteiger partial charge in [0.25, 0.3) is 0 Å². The topological polar surface area (TPSA) is 47.0 Å². The van der Waals surface area contributed by atoms with Crippen LogP contribution in [0, 0.1) is 0 Å². The molecule has 1 N–H and O–H groups in total. The summed E-state index contributed by atoms with van der Waals surface area (Å²) in [5, 5.41) is 3.11. The van der Waals surface area contributed by atoms with E-state index < -0.39 is 0 Å². The average Bonchev–Trinajstić information content (AvgIpc) is 2.40. The molecule has 1 heterocycles. The number of aryl methyl sites for hydroxylation is 1. The summed E-state index contributed by atoms with van der Waals surface area (Å²) in [6.07, 6.45) is 2.41. The summed E-state index contributed by atoms with van der Waals surface area (Å²) in [5.74, 6) is 1.38. The molecule has 0 aliphatic rings. The quantitative estimate of drug-likeness (QED) is 0.876. The Morgan fingerprint density at radius 1 is 1.22 bits per heavy atom. The molecule has 1 aromatic heterocycles. The number of nitrogens with one attached hydrogen (secondary N) is 1. The monoisotopic (exact) mass is 243 g/mol. The molecule has 18 heavy (non-hydrogen) atoms. The van der Waals surface area contributed by atoms with Crippen LogP contribution in [0.1, 0.15) is 18.2 Å². The van der Waals surface area contributed by atoms with Gasteiger partial charge in [-0.2, -0.15) is 0 Å². The van der Waals surface area contributed by atoms with Crippen molar-refractivity contribution in [2.75, 3.05) is 7.05 Å². The largest absolute Gasteiger partial charge is 0.439 e. The van der Waals surface area contributed by atoms with Crippen LogP contribution in [0.15, 0.2) is 36.7 Å². The summed E-state index contributed by atoms with van der Waals surface area (Å²) in [5.41, 5.74) is 2.16. The second-order valence-electron chi connectivity index (χ2n) is 3.98. The van der Waals surface area contributed by atoms with E-state index in [9.17, 15) is 0 Å². The van der Waals surface area contributed by atoms with E-state index in [1.807, 2.05) is 31.3 Å². The smallest absolute Gasteiger partial charge is 0.222 e. The molecular formula is C14H17N3O. The molecular weight excluding hydrogens is 226 g/mol. The maximum Gasteiger partial charge on any atom is 0.222 e. The highest BCUT2D eigenvalue weighted by Gasteiger charge is 2.01. The highest BCUT2D eigenvalue weighted by atomic mass is 16.5. The highest BCUT2D eigenvalue weighted by Crippen LogP contribution is 2.20. The van der Waals surface area contributed by atoms with E-state index in [-0.39, 0.29) is 0 Å². The molecule has 2 rings (SSSR count). The summed E-state index contributed by atoms with van der Waals surface area (Å²) in [7, 11) is 1.92. The Balaban J connectivity index is 2.14. The van der Waals surface area contributed by atoms with Crippen molar-refractivity contribution in [1.82, 2.24) is 15.3 Å². The number of rotatable bonds is 5. The Bertz CT molecular complexity index is 514. The normalized spacial score (nSPS) is 10.3. The van der Waals surface area contributed by atoms with Crippen LogP contribution in [-0.4, -0.2) is 17.0 Å². The van der Waals surface area contributed by atoms with Gasteiger partial charge in [-0.15, -0.1) is 0 Å². The molecule has 0 aliphatic heterocycles. The lowest BCUT2D eigenvalue weighted by molar-refractivity contribution is 0.459. The van der Waals surface area contributed by atoms with Crippen LogP contribution in [0.2, 0.25) is 0 Å². The van der Waals surface area contributed by atoms with Crippen molar-refractivity contribution in [3.8, 4) is 11.6 Å². The molecule has 0 unspecified atom stereocenters. The number of benzene rings is 1. The van der Waals surface area contributed by atoms with Crippen molar-refractivity contribution in [2.24, 2.45) is 0 Å². The minimum Gasteiger partial charge on any atom is -0.439 e. The van der Waals surface area contributed by atoms with E-state index in [1.54, 1.807) is 0 Å². The third-order valence-electron chi connectivity index (χ3n) is 2.56. The summed E-state index contributed by atoms with van der Waals surface area (Å²) in [4.78, 5) is 8.25. The minimum atomic E-state index is 0.587. The second kappa shape index (κ2) is 6.12. The van der Waals surface area contributed by atoms with Gasteiger partial charge in [-0.3, -0.25) is 0 Å². The van der Waals surface area contributed by atoms with Crippen molar-refractivity contribution in [1.29, 1.82) is 0 Å². The fraction of sp³-hybridized carbons (Fsp3) is 0.286. The van der Waals surface area contributed by atoms with Gasteiger partial charge in [0.05, 0.1) is 0 Å². The molecule has 0 aliphatic carbocycles. The predicted molar refractivity (Wildman–Crippen MR) is 70.7 cm³/mol. The zero-order valence-corrected chi connectivity index (χ0v) is 10.7. The second-order valence-corrected chi connectivity index (χ2v) is 3.98. The van der Waals surface area contributed by atoms with Crippen molar-refractivity contribution < 1.29 is 4.74 Å². The van der Waals surface area contributed by atoms with Crippen molar-refractivity contribution >= 4 is 0 Å². The van der Waals surface area contributed by atoms with Crippen LogP contribution < -0.4 is 10.1 Å². The molecule has 0 amide bonds. The van der Waals surface area contributed by atoms with Gasteiger partial charge >= 0.3 is 0 Å². The minimum absolute atomic E-state index is 0.587. The summed E-state index contributed by atoms with van der Waals surface area (Å²) >= 11 is 0. The number of ether oxygens (including phenoxy) is 1. The third kappa shape index (κ3) is 3.28. The van der Waals surface area contributed by atoms with Gasteiger partial charge in [0, 0.05) is 18.3 Å². The number of hydrogen-bond acceptors (Lipinski definition) is 4. The number of aromatic nitrogens is 2. The van der Waals surface area contributed by atoms with Gasteiger partial charge < -0.3 is 10.1 Å². The van der Waals surface area contributed by atoms with E-state index in [1.165, 1.54) is 11.9 Å². The van der Waals surface area contributed by atoms with Crippen LogP contribution >= 0.6 is 0 Å². The first kappa shape index (κ1) is 12.5. The zero-order valence-electron chi connectivity index (χ0n) is 10.7. The van der Waals surface area contributed by atoms with Crippen LogP contribution in [0.5, 0.6) is 11.6 Å². The molecule has 4 heteroatoms. The van der Waals surface area contributed by atoms with Crippen molar-refractivity contribution in [3.63, 3.8) is 0 Å². The Morgan fingerprint density at radius 2 is 2.11 bits per heavy atom. The van der Waals surface area contributed by atoms with E-state index in [2.05, 4.69) is 28.3 Å². The molecule has 0 bridgehead atoms. The Morgan fingerprint density at radius 3 is 2.89 bits per heavy atom. The fourth-order valence-corrected chi connectivity index (χ4v) is 1.67. The summed E-state index contributed by atoms with van der Waals surface area (Å²) in [6, 6.07) is 9.83.